The van der Waals surface area contributed by atoms with Gasteiger partial charge in [-0.1, -0.05) is 25.4 Å². The van der Waals surface area contributed by atoms with Crippen LogP contribution in [0.3, 0.4) is 0 Å². The number of benzene rings is 1. The van der Waals surface area contributed by atoms with Crippen molar-refractivity contribution in [2.24, 2.45) is 5.73 Å². The molecule has 1 aromatic rings. The zero-order valence-corrected chi connectivity index (χ0v) is 11.3. The van der Waals surface area contributed by atoms with Gasteiger partial charge in [0.05, 0.1) is 0 Å². The molecule has 0 saturated heterocycles. The third-order valence-corrected chi connectivity index (χ3v) is 3.04. The largest absolute Gasteiger partial charge is 0.492 e. The summed E-state index contributed by atoms with van der Waals surface area (Å²) in [5, 5.41) is 0.696. The van der Waals surface area contributed by atoms with E-state index in [0.717, 1.165) is 30.9 Å². The molecule has 0 atom stereocenters. The summed E-state index contributed by atoms with van der Waals surface area (Å²) < 4.78 is 5.74. The monoisotopic (exact) mass is 256 g/mol. The molecule has 1 aromatic carbocycles. The van der Waals surface area contributed by atoms with E-state index in [1.54, 1.807) is 0 Å². The fraction of sp³-hybridized carbons (Fsp3) is 0.538. The van der Waals surface area contributed by atoms with Crippen molar-refractivity contribution in [3.8, 4) is 5.75 Å². The normalized spacial score (nSPS) is 10.9. The molecule has 0 aromatic heterocycles. The molecule has 0 unspecified atom stereocenters. The van der Waals surface area contributed by atoms with Crippen LogP contribution in [0, 0.1) is 0 Å². The van der Waals surface area contributed by atoms with Crippen molar-refractivity contribution < 1.29 is 4.74 Å². The number of nitrogens with two attached hydrogens (primary N) is 1. The Labute approximate surface area is 109 Å². The number of hydrogen-bond donors (Lipinski definition) is 1. The van der Waals surface area contributed by atoms with E-state index >= 15 is 0 Å². The summed E-state index contributed by atoms with van der Waals surface area (Å²) in [6.07, 6.45) is 0. The van der Waals surface area contributed by atoms with Crippen molar-refractivity contribution in [1.29, 1.82) is 0 Å². The minimum absolute atomic E-state index is 0.446. The van der Waals surface area contributed by atoms with Crippen molar-refractivity contribution >= 4 is 11.6 Å². The van der Waals surface area contributed by atoms with Gasteiger partial charge in [-0.2, -0.15) is 0 Å². The molecule has 0 bridgehead atoms. The average Bonchev–Trinajstić information content (AvgIpc) is 2.36. The summed E-state index contributed by atoms with van der Waals surface area (Å²) in [6, 6.07) is 5.56. The second-order valence-corrected chi connectivity index (χ2v) is 4.27. The lowest BCUT2D eigenvalue weighted by molar-refractivity contribution is 0.221. The van der Waals surface area contributed by atoms with Crippen LogP contribution in [0.1, 0.15) is 19.4 Å². The Hall–Kier alpha value is -0.770. The van der Waals surface area contributed by atoms with Crippen LogP contribution >= 0.6 is 11.6 Å². The Bertz CT molecular complexity index is 340. The topological polar surface area (TPSA) is 38.5 Å². The second-order valence-electron chi connectivity index (χ2n) is 3.83. The number of ether oxygens (including phenoxy) is 1. The minimum atomic E-state index is 0.446. The zero-order chi connectivity index (χ0) is 12.7. The van der Waals surface area contributed by atoms with Crippen LogP contribution in [0.2, 0.25) is 5.02 Å². The van der Waals surface area contributed by atoms with Gasteiger partial charge in [0, 0.05) is 23.7 Å². The first kappa shape index (κ1) is 14.3. The molecule has 0 spiro atoms. The Kier molecular flexibility index (Phi) is 6.34. The second kappa shape index (κ2) is 7.54. The third kappa shape index (κ3) is 4.54. The van der Waals surface area contributed by atoms with Crippen molar-refractivity contribution in [2.75, 3.05) is 26.2 Å². The van der Waals surface area contributed by atoms with E-state index < -0.39 is 0 Å². The van der Waals surface area contributed by atoms with E-state index in [-0.39, 0.29) is 0 Å². The van der Waals surface area contributed by atoms with Gasteiger partial charge in [0.1, 0.15) is 12.4 Å². The highest BCUT2D eigenvalue weighted by molar-refractivity contribution is 6.30. The Balaban J connectivity index is 2.51. The SMILES string of the molecule is CCN(CC)CCOc1ccc(Cl)cc1CN. The van der Waals surface area contributed by atoms with Crippen LogP contribution in [0.5, 0.6) is 5.75 Å². The van der Waals surface area contributed by atoms with Crippen molar-refractivity contribution in [1.82, 2.24) is 4.90 Å². The van der Waals surface area contributed by atoms with Crippen molar-refractivity contribution in [2.45, 2.75) is 20.4 Å². The van der Waals surface area contributed by atoms with Gasteiger partial charge in [-0.15, -0.1) is 0 Å². The number of halogens is 1. The van der Waals surface area contributed by atoms with Gasteiger partial charge >= 0.3 is 0 Å². The van der Waals surface area contributed by atoms with Crippen LogP contribution in [-0.2, 0) is 6.54 Å². The molecule has 17 heavy (non-hydrogen) atoms. The van der Waals surface area contributed by atoms with E-state index in [1.165, 1.54) is 0 Å². The number of likely N-dealkylation sites (N-methyl/N-ethyl adjacent to an activating group) is 1. The zero-order valence-electron chi connectivity index (χ0n) is 10.6. The standard InChI is InChI=1S/C13H21ClN2O/c1-3-16(4-2)7-8-17-13-6-5-12(14)9-11(13)10-15/h5-6,9H,3-4,7-8,10,15H2,1-2H3. The van der Waals surface area contributed by atoms with E-state index in [1.807, 2.05) is 18.2 Å². The van der Waals surface area contributed by atoms with Crippen molar-refractivity contribution in [3.05, 3.63) is 28.8 Å². The van der Waals surface area contributed by atoms with Crippen LogP contribution in [0.25, 0.3) is 0 Å². The summed E-state index contributed by atoms with van der Waals surface area (Å²) in [6.45, 7) is 8.44. The van der Waals surface area contributed by atoms with Gasteiger partial charge < -0.3 is 15.4 Å². The summed E-state index contributed by atoms with van der Waals surface area (Å²) in [5.41, 5.74) is 6.61. The fourth-order valence-electron chi connectivity index (χ4n) is 1.67. The summed E-state index contributed by atoms with van der Waals surface area (Å²) in [4.78, 5) is 2.32. The van der Waals surface area contributed by atoms with E-state index in [9.17, 15) is 0 Å². The lowest BCUT2D eigenvalue weighted by Crippen LogP contribution is -2.28. The lowest BCUT2D eigenvalue weighted by atomic mass is 10.2. The van der Waals surface area contributed by atoms with Gasteiger partial charge in [-0.05, 0) is 31.3 Å². The summed E-state index contributed by atoms with van der Waals surface area (Å²) >= 11 is 5.91. The van der Waals surface area contributed by atoms with Gasteiger partial charge in [-0.25, -0.2) is 0 Å². The molecule has 0 aliphatic carbocycles. The number of hydrogen-bond acceptors (Lipinski definition) is 3. The quantitative estimate of drug-likeness (QED) is 0.815. The first-order valence-corrected chi connectivity index (χ1v) is 6.42. The van der Waals surface area contributed by atoms with E-state index in [4.69, 9.17) is 22.1 Å². The van der Waals surface area contributed by atoms with Crippen LogP contribution in [-0.4, -0.2) is 31.1 Å². The first-order chi connectivity index (χ1) is 8.21. The molecule has 96 valence electrons. The number of nitrogens with zero attached hydrogens (tertiary/aromatic N) is 1. The fourth-order valence-corrected chi connectivity index (χ4v) is 1.87. The first-order valence-electron chi connectivity index (χ1n) is 6.04. The molecule has 0 saturated carbocycles. The maximum atomic E-state index is 5.91. The Morgan fingerprint density at radius 2 is 2.00 bits per heavy atom. The van der Waals surface area contributed by atoms with Gasteiger partial charge in [-0.3, -0.25) is 0 Å². The highest BCUT2D eigenvalue weighted by Gasteiger charge is 2.04. The summed E-state index contributed by atoms with van der Waals surface area (Å²) in [5.74, 6) is 0.837. The lowest BCUT2D eigenvalue weighted by Gasteiger charge is -2.18. The molecule has 0 aliphatic heterocycles. The molecule has 1 rings (SSSR count). The van der Waals surface area contributed by atoms with Crippen LogP contribution in [0.15, 0.2) is 18.2 Å². The van der Waals surface area contributed by atoms with Crippen LogP contribution in [0.4, 0.5) is 0 Å². The molecule has 0 amide bonds. The predicted octanol–water partition coefficient (Wildman–Crippen LogP) is 2.52. The molecule has 0 aliphatic rings. The number of rotatable bonds is 7. The molecule has 2 N–H and O–H groups in total. The molecule has 3 nitrogen and oxygen atoms in total. The van der Waals surface area contributed by atoms with Gasteiger partial charge in [0.25, 0.3) is 0 Å². The highest BCUT2D eigenvalue weighted by atomic mass is 35.5. The third-order valence-electron chi connectivity index (χ3n) is 2.80. The van der Waals surface area contributed by atoms with Gasteiger partial charge in [0.2, 0.25) is 0 Å². The molecular weight excluding hydrogens is 236 g/mol. The smallest absolute Gasteiger partial charge is 0.123 e. The summed E-state index contributed by atoms with van der Waals surface area (Å²) in [7, 11) is 0. The molecular formula is C13H21ClN2O. The van der Waals surface area contributed by atoms with E-state index in [2.05, 4.69) is 18.7 Å². The van der Waals surface area contributed by atoms with Gasteiger partial charge in [0.15, 0.2) is 0 Å². The maximum absolute atomic E-state index is 5.91. The maximum Gasteiger partial charge on any atom is 0.123 e. The van der Waals surface area contributed by atoms with E-state index in [0.29, 0.717) is 18.2 Å². The average molecular weight is 257 g/mol. The Morgan fingerprint density at radius 3 is 2.59 bits per heavy atom. The van der Waals surface area contributed by atoms with Crippen LogP contribution < -0.4 is 10.5 Å². The molecule has 0 fully saturated rings. The Morgan fingerprint density at radius 1 is 1.29 bits per heavy atom. The minimum Gasteiger partial charge on any atom is -0.492 e. The molecule has 4 heteroatoms. The highest BCUT2D eigenvalue weighted by Crippen LogP contribution is 2.22. The predicted molar refractivity (Wildman–Crippen MR) is 72.6 cm³/mol. The van der Waals surface area contributed by atoms with Crippen molar-refractivity contribution in [3.63, 3.8) is 0 Å². The molecule has 0 radical (unpaired) electrons. The molecule has 0 heterocycles.